The summed E-state index contributed by atoms with van der Waals surface area (Å²) in [5.74, 6) is 0. The molecule has 18 aromatic rings. The fourth-order valence-corrected chi connectivity index (χ4v) is 13.7. The van der Waals surface area contributed by atoms with E-state index in [4.69, 9.17) is 33.4 Å². The van der Waals surface area contributed by atoms with Gasteiger partial charge in [-0.2, -0.15) is 10.5 Å². The minimum atomic E-state index is -0.431. The Morgan fingerprint density at radius 2 is 0.822 bits per heavy atom. The highest BCUT2D eigenvalue weighted by atomic mass is 79.9. The summed E-state index contributed by atoms with van der Waals surface area (Å²) < 4.78 is 31.2. The first kappa shape index (κ1) is 53.4. The number of aromatic nitrogens is 4. The molecule has 1 saturated heterocycles. The van der Waals surface area contributed by atoms with Crippen molar-refractivity contribution in [1.29, 1.82) is 10.5 Å². The number of hydrogen-bond acceptors (Lipinski definition) is 8. The molecule has 1 fully saturated rings. The largest absolute Gasteiger partial charge is 0.494 e. The van der Waals surface area contributed by atoms with Gasteiger partial charge in [0, 0.05) is 36.8 Å². The Hall–Kier alpha value is -10.9. The molecular formula is C78H50BBrN6O4. The van der Waals surface area contributed by atoms with Crippen molar-refractivity contribution in [3.63, 3.8) is 0 Å². The molecule has 12 heteroatoms. The molecule has 12 aromatic carbocycles. The summed E-state index contributed by atoms with van der Waals surface area (Å²) in [4.78, 5) is 10.0. The highest BCUT2D eigenvalue weighted by molar-refractivity contribution is 9.10. The Morgan fingerprint density at radius 1 is 0.400 bits per heavy atom. The van der Waals surface area contributed by atoms with E-state index < -0.39 is 18.3 Å². The average Bonchev–Trinajstić information content (AvgIpc) is 1.57. The van der Waals surface area contributed by atoms with Crippen molar-refractivity contribution in [1.82, 2.24) is 18.8 Å². The molecule has 90 heavy (non-hydrogen) atoms. The second-order valence-electron chi connectivity index (χ2n) is 24.3. The van der Waals surface area contributed by atoms with Crippen LogP contribution in [0.3, 0.4) is 0 Å². The van der Waals surface area contributed by atoms with Crippen LogP contribution in [0, 0.1) is 22.7 Å². The predicted octanol–water partition coefficient (Wildman–Crippen LogP) is 19.9. The number of furan rings is 2. The fraction of sp³-hybridized carbons (Fsp3) is 0.0769. The van der Waals surface area contributed by atoms with E-state index >= 15 is 0 Å². The van der Waals surface area contributed by atoms with Crippen LogP contribution < -0.4 is 5.46 Å². The predicted molar refractivity (Wildman–Crippen MR) is 370 cm³/mol. The summed E-state index contributed by atoms with van der Waals surface area (Å²) in [5.41, 5.74) is 15.3. The van der Waals surface area contributed by atoms with Crippen molar-refractivity contribution < 1.29 is 18.1 Å². The standard InChI is InChI=1S/C36H19N3O.C27H23BN2O3.C15H8BrN/c37-20-21-9-14-26-24(17-21)10-11-25-18-22(12-15-27(25)26)23-13-16-33-30(19-23)34-35(40-33)28-5-1-2-6-29(28)36-38-31-7-3-4-8-32(31)39(34)36;1-26(2)27(3,4)33-28(32-26)16-13-14-22-19(15-16)23-24(31-22)17-9-5-6-10-18(17)25-29-20-11-7-8-12-21(20)30(23)25;16-13-4-6-15-12(8-13)3-2-11-7-10(9-17)1-5-14(11)15/h1-19H;5-15H,1-4H3;1-8H. The van der Waals surface area contributed by atoms with E-state index in [1.807, 2.05) is 78.9 Å². The van der Waals surface area contributed by atoms with Crippen LogP contribution in [0.25, 0.3) is 153 Å². The maximum Gasteiger partial charge on any atom is 0.494 e. The molecule has 0 bridgehead atoms. The van der Waals surface area contributed by atoms with E-state index in [2.05, 4.69) is 216 Å². The minimum Gasteiger partial charge on any atom is -0.454 e. The number of nitriles is 2. The molecule has 6 aromatic heterocycles. The molecule has 426 valence electrons. The first-order chi connectivity index (χ1) is 43.9. The number of hydrogen-bond donors (Lipinski definition) is 0. The van der Waals surface area contributed by atoms with Gasteiger partial charge in [-0.3, -0.25) is 8.80 Å². The van der Waals surface area contributed by atoms with Gasteiger partial charge < -0.3 is 18.1 Å². The van der Waals surface area contributed by atoms with Gasteiger partial charge in [0.2, 0.25) is 0 Å². The molecule has 1 aliphatic rings. The highest BCUT2D eigenvalue weighted by Gasteiger charge is 2.51. The lowest BCUT2D eigenvalue weighted by Gasteiger charge is -2.32. The molecule has 0 radical (unpaired) electrons. The van der Waals surface area contributed by atoms with Crippen LogP contribution in [0.15, 0.2) is 244 Å². The number of pyridine rings is 2. The fourth-order valence-electron chi connectivity index (χ4n) is 13.4. The van der Waals surface area contributed by atoms with Crippen LogP contribution in [-0.2, 0) is 9.31 Å². The second-order valence-corrected chi connectivity index (χ2v) is 25.2. The Labute approximate surface area is 523 Å². The van der Waals surface area contributed by atoms with Crippen molar-refractivity contribution in [3.05, 3.63) is 246 Å². The van der Waals surface area contributed by atoms with Gasteiger partial charge in [0.05, 0.1) is 56.5 Å². The van der Waals surface area contributed by atoms with Crippen molar-refractivity contribution in [2.75, 3.05) is 0 Å². The number of fused-ring (bicyclic) bond motifs is 26. The summed E-state index contributed by atoms with van der Waals surface area (Å²) in [7, 11) is -0.431. The lowest BCUT2D eigenvalue weighted by atomic mass is 9.78. The zero-order valence-electron chi connectivity index (χ0n) is 49.2. The smallest absolute Gasteiger partial charge is 0.454 e. The summed E-state index contributed by atoms with van der Waals surface area (Å²) in [6, 6.07) is 83.2. The first-order valence-electron chi connectivity index (χ1n) is 29.9. The minimum absolute atomic E-state index is 0.394. The Kier molecular flexibility index (Phi) is 11.9. The van der Waals surface area contributed by atoms with Crippen molar-refractivity contribution in [2.45, 2.75) is 38.9 Å². The van der Waals surface area contributed by atoms with Crippen LogP contribution in [0.2, 0.25) is 0 Å². The molecule has 10 nitrogen and oxygen atoms in total. The van der Waals surface area contributed by atoms with E-state index in [1.54, 1.807) is 0 Å². The number of halogens is 1. The molecular weight excluding hydrogens is 1180 g/mol. The highest BCUT2D eigenvalue weighted by Crippen LogP contribution is 2.43. The van der Waals surface area contributed by atoms with Crippen LogP contribution in [-0.4, -0.2) is 37.1 Å². The number of para-hydroxylation sites is 4. The van der Waals surface area contributed by atoms with Crippen LogP contribution in [0.4, 0.5) is 0 Å². The lowest BCUT2D eigenvalue weighted by Crippen LogP contribution is -2.41. The Bertz CT molecular complexity index is 6190. The number of nitrogens with zero attached hydrogens (tertiary/aromatic N) is 6. The summed E-state index contributed by atoms with van der Waals surface area (Å²) in [6.45, 7) is 8.30. The normalized spacial score (nSPS) is 13.9. The van der Waals surface area contributed by atoms with Gasteiger partial charge in [-0.05, 0) is 178 Å². The SMILES string of the molecule is CC1(C)OB(c2ccc3oc4c5ccccc5c5nc6ccccc6n5c4c3c2)OC1(C)C.N#Cc1ccc2c(ccc3cc(-c4ccc5oc6c7ccccc7c7nc8ccccc8n7c6c5c4)ccc32)c1.N#Cc1ccc2c(ccc3cc(Br)ccc32)c1. The average molecular weight is 1230 g/mol. The van der Waals surface area contributed by atoms with E-state index in [0.717, 1.165) is 136 Å². The second kappa shape index (κ2) is 20.1. The topological polar surface area (TPSA) is 127 Å². The Balaban J connectivity index is 0.000000112. The molecule has 19 rings (SSSR count). The summed E-state index contributed by atoms with van der Waals surface area (Å²) >= 11 is 3.48. The van der Waals surface area contributed by atoms with Gasteiger partial charge in [0.1, 0.15) is 33.5 Å². The maximum absolute atomic E-state index is 9.29. The first-order valence-corrected chi connectivity index (χ1v) is 30.7. The van der Waals surface area contributed by atoms with Gasteiger partial charge >= 0.3 is 7.12 Å². The van der Waals surface area contributed by atoms with Gasteiger partial charge in [-0.15, -0.1) is 0 Å². The van der Waals surface area contributed by atoms with Gasteiger partial charge in [0.25, 0.3) is 0 Å². The van der Waals surface area contributed by atoms with Crippen molar-refractivity contribution >= 4 is 171 Å². The third kappa shape index (κ3) is 8.30. The van der Waals surface area contributed by atoms with Gasteiger partial charge in [-0.25, -0.2) is 9.97 Å². The van der Waals surface area contributed by atoms with E-state index in [-0.39, 0.29) is 0 Å². The number of imidazole rings is 2. The zero-order valence-corrected chi connectivity index (χ0v) is 50.8. The monoisotopic (exact) mass is 1220 g/mol. The Morgan fingerprint density at radius 3 is 1.36 bits per heavy atom. The quantitative estimate of drug-likeness (QED) is 0.124. The molecule has 0 spiro atoms. The summed E-state index contributed by atoms with van der Waals surface area (Å²) in [5, 5.41) is 33.8. The van der Waals surface area contributed by atoms with E-state index in [0.29, 0.717) is 11.1 Å². The molecule has 0 unspecified atom stereocenters. The number of rotatable bonds is 2. The lowest BCUT2D eigenvalue weighted by molar-refractivity contribution is 0.00578. The molecule has 1 aliphatic heterocycles. The molecule has 7 heterocycles. The van der Waals surface area contributed by atoms with E-state index in [9.17, 15) is 5.26 Å². The van der Waals surface area contributed by atoms with E-state index in [1.165, 1.54) is 26.9 Å². The molecule has 0 saturated carbocycles. The third-order valence-electron chi connectivity index (χ3n) is 18.5. The zero-order chi connectivity index (χ0) is 60.7. The maximum atomic E-state index is 9.29. The van der Waals surface area contributed by atoms with Crippen molar-refractivity contribution in [3.8, 4) is 23.3 Å². The number of benzene rings is 12. The molecule has 0 aliphatic carbocycles. The van der Waals surface area contributed by atoms with Gasteiger partial charge in [0.15, 0.2) is 11.2 Å². The van der Waals surface area contributed by atoms with Crippen LogP contribution in [0.1, 0.15) is 38.8 Å². The van der Waals surface area contributed by atoms with Crippen LogP contribution in [0.5, 0.6) is 0 Å². The summed E-state index contributed by atoms with van der Waals surface area (Å²) in [6.07, 6.45) is 0. The molecule has 0 N–H and O–H groups in total. The van der Waals surface area contributed by atoms with Gasteiger partial charge in [-0.1, -0.05) is 155 Å². The molecule has 0 amide bonds. The van der Waals surface area contributed by atoms with Crippen LogP contribution >= 0.6 is 15.9 Å². The third-order valence-corrected chi connectivity index (χ3v) is 19.0. The molecule has 0 atom stereocenters. The van der Waals surface area contributed by atoms with Crippen molar-refractivity contribution in [2.24, 2.45) is 0 Å².